The minimum atomic E-state index is -5.09. The Bertz CT molecular complexity index is 738. The number of allylic oxidation sites excluding steroid dienone is 1. The first-order valence-electron chi connectivity index (χ1n) is 7.10. The number of esters is 1. The van der Waals surface area contributed by atoms with Crippen LogP contribution in [0.3, 0.4) is 0 Å². The third kappa shape index (κ3) is 4.75. The fourth-order valence-corrected chi connectivity index (χ4v) is 1.84. The first kappa shape index (κ1) is 18.4. The summed E-state index contributed by atoms with van der Waals surface area (Å²) < 4.78 is 52.6. The molecule has 0 fully saturated rings. The average Bonchev–Trinajstić information content (AvgIpc) is 3.01. The molecule has 25 heavy (non-hydrogen) atoms. The lowest BCUT2D eigenvalue weighted by Crippen LogP contribution is -2.20. The van der Waals surface area contributed by atoms with Crippen molar-refractivity contribution in [1.82, 2.24) is 0 Å². The maximum atomic E-state index is 12.6. The number of nitrogens with zero attached hydrogens (tertiary/aromatic N) is 1. The molecular formula is C16H14F3NO5. The van der Waals surface area contributed by atoms with E-state index in [9.17, 15) is 23.1 Å². The SMILES string of the molecule is CCOC(=O)C(/C=N/C=C/c1ccc2c(c1)OCO2)=C(/O)C(F)(F)F. The molecule has 1 aromatic carbocycles. The van der Waals surface area contributed by atoms with E-state index in [1.165, 1.54) is 19.2 Å². The number of fused-ring (bicyclic) bond motifs is 1. The minimum absolute atomic E-state index is 0.116. The fraction of sp³-hybridized carbons (Fsp3) is 0.250. The summed E-state index contributed by atoms with van der Waals surface area (Å²) in [5.74, 6) is -2.26. The van der Waals surface area contributed by atoms with Gasteiger partial charge < -0.3 is 19.3 Å². The molecule has 0 aromatic heterocycles. The highest BCUT2D eigenvalue weighted by Gasteiger charge is 2.38. The van der Waals surface area contributed by atoms with Crippen molar-refractivity contribution in [2.24, 2.45) is 4.99 Å². The molecule has 0 radical (unpaired) electrons. The largest absolute Gasteiger partial charge is 0.504 e. The number of halogens is 3. The molecule has 134 valence electrons. The zero-order chi connectivity index (χ0) is 18.4. The van der Waals surface area contributed by atoms with Gasteiger partial charge in [-0.05, 0) is 30.7 Å². The van der Waals surface area contributed by atoms with Gasteiger partial charge in [0.25, 0.3) is 0 Å². The Kier molecular flexibility index (Phi) is 5.68. The summed E-state index contributed by atoms with van der Waals surface area (Å²) in [7, 11) is 0. The van der Waals surface area contributed by atoms with E-state index in [4.69, 9.17) is 9.47 Å². The van der Waals surface area contributed by atoms with E-state index >= 15 is 0 Å². The van der Waals surface area contributed by atoms with Gasteiger partial charge in [-0.3, -0.25) is 4.99 Å². The van der Waals surface area contributed by atoms with Gasteiger partial charge in [0.2, 0.25) is 12.6 Å². The maximum absolute atomic E-state index is 12.6. The van der Waals surface area contributed by atoms with Gasteiger partial charge >= 0.3 is 12.1 Å². The Labute approximate surface area is 140 Å². The molecule has 0 saturated heterocycles. The van der Waals surface area contributed by atoms with E-state index in [-0.39, 0.29) is 13.4 Å². The van der Waals surface area contributed by atoms with Crippen LogP contribution in [-0.2, 0) is 9.53 Å². The van der Waals surface area contributed by atoms with Crippen molar-refractivity contribution in [2.75, 3.05) is 13.4 Å². The van der Waals surface area contributed by atoms with E-state index in [2.05, 4.69) is 9.73 Å². The number of ether oxygens (including phenoxy) is 3. The number of benzene rings is 1. The lowest BCUT2D eigenvalue weighted by Gasteiger charge is -2.08. The lowest BCUT2D eigenvalue weighted by atomic mass is 10.2. The van der Waals surface area contributed by atoms with E-state index in [1.54, 1.807) is 18.2 Å². The van der Waals surface area contributed by atoms with Crippen molar-refractivity contribution in [1.29, 1.82) is 0 Å². The molecule has 0 atom stereocenters. The van der Waals surface area contributed by atoms with Crippen molar-refractivity contribution in [2.45, 2.75) is 13.1 Å². The Morgan fingerprint density at radius 3 is 2.76 bits per heavy atom. The van der Waals surface area contributed by atoms with Crippen molar-refractivity contribution in [3.8, 4) is 11.5 Å². The highest BCUT2D eigenvalue weighted by Crippen LogP contribution is 2.32. The standard InChI is InChI=1S/C16H14F3NO5/c1-2-23-15(22)11(14(21)16(17,18)19)8-20-6-5-10-3-4-12-13(7-10)25-9-24-12/h3-8,21H,2,9H2,1H3/b6-5+,14-11+,20-8+. The normalized spacial score (nSPS) is 14.9. The van der Waals surface area contributed by atoms with Gasteiger partial charge in [0, 0.05) is 12.4 Å². The number of hydrogen-bond acceptors (Lipinski definition) is 6. The summed E-state index contributed by atoms with van der Waals surface area (Å²) in [4.78, 5) is 15.1. The first-order valence-corrected chi connectivity index (χ1v) is 7.10. The maximum Gasteiger partial charge on any atom is 0.449 e. The molecule has 0 bridgehead atoms. The Morgan fingerprint density at radius 2 is 2.08 bits per heavy atom. The molecular weight excluding hydrogens is 343 g/mol. The summed E-state index contributed by atoms with van der Waals surface area (Å²) in [6.07, 6.45) is -1.86. The van der Waals surface area contributed by atoms with Crippen LogP contribution >= 0.6 is 0 Å². The predicted molar refractivity (Wildman–Crippen MR) is 82.4 cm³/mol. The van der Waals surface area contributed by atoms with E-state index in [0.29, 0.717) is 23.3 Å². The van der Waals surface area contributed by atoms with Gasteiger partial charge in [-0.25, -0.2) is 4.79 Å². The lowest BCUT2D eigenvalue weighted by molar-refractivity contribution is -0.141. The van der Waals surface area contributed by atoms with Crippen LogP contribution in [-0.4, -0.2) is 36.9 Å². The molecule has 0 aliphatic carbocycles. The van der Waals surface area contributed by atoms with Gasteiger partial charge in [0.15, 0.2) is 11.5 Å². The molecule has 1 aromatic rings. The van der Waals surface area contributed by atoms with Crippen molar-refractivity contribution >= 4 is 18.3 Å². The zero-order valence-electron chi connectivity index (χ0n) is 13.0. The quantitative estimate of drug-likeness (QED) is 0.378. The second-order valence-electron chi connectivity index (χ2n) is 4.69. The summed E-state index contributed by atoms with van der Waals surface area (Å²) in [5.41, 5.74) is -0.423. The molecule has 1 aliphatic heterocycles. The molecule has 0 spiro atoms. The van der Waals surface area contributed by atoms with Gasteiger partial charge in [-0.2, -0.15) is 13.2 Å². The average molecular weight is 357 g/mol. The molecule has 2 rings (SSSR count). The number of carbonyl (C=O) groups excluding carboxylic acids is 1. The molecule has 1 heterocycles. The number of aliphatic imine (C=N–C) groups is 1. The monoisotopic (exact) mass is 357 g/mol. The predicted octanol–water partition coefficient (Wildman–Crippen LogP) is 3.39. The number of rotatable bonds is 5. The van der Waals surface area contributed by atoms with Gasteiger partial charge in [0.05, 0.1) is 6.61 Å². The van der Waals surface area contributed by atoms with Crippen LogP contribution in [0.4, 0.5) is 13.2 Å². The molecule has 1 N–H and O–H groups in total. The Balaban J connectivity index is 2.17. The Morgan fingerprint density at radius 1 is 1.36 bits per heavy atom. The Hall–Kier alpha value is -2.97. The van der Waals surface area contributed by atoms with Crippen LogP contribution in [0.2, 0.25) is 0 Å². The molecule has 1 aliphatic rings. The van der Waals surface area contributed by atoms with Crippen LogP contribution in [0.15, 0.2) is 40.7 Å². The molecule has 6 nitrogen and oxygen atoms in total. The molecule has 0 saturated carbocycles. The summed E-state index contributed by atoms with van der Waals surface area (Å²) in [6, 6.07) is 5.02. The molecule has 9 heteroatoms. The number of alkyl halides is 3. The van der Waals surface area contributed by atoms with Crippen LogP contribution < -0.4 is 9.47 Å². The van der Waals surface area contributed by atoms with Crippen LogP contribution in [0.25, 0.3) is 6.08 Å². The number of aliphatic hydroxyl groups excluding tert-OH is 1. The molecule has 0 unspecified atom stereocenters. The van der Waals surface area contributed by atoms with E-state index in [0.717, 1.165) is 0 Å². The first-order chi connectivity index (χ1) is 11.8. The minimum Gasteiger partial charge on any atom is -0.504 e. The van der Waals surface area contributed by atoms with Gasteiger partial charge in [-0.15, -0.1) is 0 Å². The third-order valence-electron chi connectivity index (χ3n) is 2.97. The second-order valence-corrected chi connectivity index (χ2v) is 4.69. The number of aliphatic hydroxyl groups is 1. The second kappa shape index (κ2) is 7.73. The van der Waals surface area contributed by atoms with E-state index < -0.39 is 23.5 Å². The van der Waals surface area contributed by atoms with E-state index in [1.807, 2.05) is 0 Å². The topological polar surface area (TPSA) is 77.4 Å². The van der Waals surface area contributed by atoms with Crippen molar-refractivity contribution in [3.05, 3.63) is 41.3 Å². The van der Waals surface area contributed by atoms with Crippen LogP contribution in [0.1, 0.15) is 12.5 Å². The number of carbonyl (C=O) groups is 1. The summed E-state index contributed by atoms with van der Waals surface area (Å²) in [6.45, 7) is 1.40. The fourth-order valence-electron chi connectivity index (χ4n) is 1.84. The van der Waals surface area contributed by atoms with Gasteiger partial charge in [-0.1, -0.05) is 6.07 Å². The van der Waals surface area contributed by atoms with Crippen molar-refractivity contribution in [3.63, 3.8) is 0 Å². The summed E-state index contributed by atoms with van der Waals surface area (Å²) >= 11 is 0. The smallest absolute Gasteiger partial charge is 0.449 e. The highest BCUT2D eigenvalue weighted by atomic mass is 19.4. The van der Waals surface area contributed by atoms with Crippen LogP contribution in [0, 0.1) is 0 Å². The zero-order valence-corrected chi connectivity index (χ0v) is 13.0. The van der Waals surface area contributed by atoms with Gasteiger partial charge in [0.1, 0.15) is 5.57 Å². The summed E-state index contributed by atoms with van der Waals surface area (Å²) in [5, 5.41) is 9.17. The van der Waals surface area contributed by atoms with Crippen molar-refractivity contribution < 1.29 is 37.3 Å². The third-order valence-corrected chi connectivity index (χ3v) is 2.97. The highest BCUT2D eigenvalue weighted by molar-refractivity contribution is 6.10. The molecule has 0 amide bonds. The van der Waals surface area contributed by atoms with Crippen LogP contribution in [0.5, 0.6) is 11.5 Å². The number of hydrogen-bond donors (Lipinski definition) is 1.